The summed E-state index contributed by atoms with van der Waals surface area (Å²) < 4.78 is 37.1. The fourth-order valence-corrected chi connectivity index (χ4v) is 4.91. The number of esters is 1. The monoisotopic (exact) mass is 432 g/mol. The Balaban J connectivity index is 1.74. The number of piperidine rings is 1. The van der Waals surface area contributed by atoms with Crippen molar-refractivity contribution in [2.24, 2.45) is 5.92 Å². The summed E-state index contributed by atoms with van der Waals surface area (Å²) in [5.41, 5.74) is 0.580. The van der Waals surface area contributed by atoms with E-state index in [1.807, 2.05) is 0 Å². The first-order chi connectivity index (χ1) is 14.4. The fourth-order valence-electron chi connectivity index (χ4n) is 3.39. The summed E-state index contributed by atoms with van der Waals surface area (Å²) in [5, 5.41) is 2.74. The fraction of sp³-hybridized carbons (Fsp3) is 0.333. The van der Waals surface area contributed by atoms with Crippen molar-refractivity contribution in [3.05, 3.63) is 54.1 Å². The van der Waals surface area contributed by atoms with E-state index in [2.05, 4.69) is 5.32 Å². The van der Waals surface area contributed by atoms with E-state index in [-0.39, 0.29) is 22.9 Å². The zero-order valence-electron chi connectivity index (χ0n) is 16.8. The van der Waals surface area contributed by atoms with Gasteiger partial charge in [-0.15, -0.1) is 0 Å². The van der Waals surface area contributed by atoms with E-state index in [1.54, 1.807) is 36.4 Å². The van der Waals surface area contributed by atoms with Crippen LogP contribution in [0.3, 0.4) is 0 Å². The van der Waals surface area contributed by atoms with Gasteiger partial charge < -0.3 is 14.8 Å². The largest absolute Gasteiger partial charge is 0.497 e. The van der Waals surface area contributed by atoms with Crippen LogP contribution < -0.4 is 10.1 Å². The molecule has 0 aromatic heterocycles. The normalized spacial score (nSPS) is 17.2. The van der Waals surface area contributed by atoms with Crippen LogP contribution in [0.4, 0.5) is 5.69 Å². The molecule has 0 aliphatic carbocycles. The maximum atomic E-state index is 13.0. The van der Waals surface area contributed by atoms with Gasteiger partial charge in [-0.2, -0.15) is 4.31 Å². The van der Waals surface area contributed by atoms with E-state index in [0.717, 1.165) is 0 Å². The number of rotatable bonds is 6. The molecule has 30 heavy (non-hydrogen) atoms. The number of anilines is 1. The molecule has 1 amide bonds. The lowest BCUT2D eigenvalue weighted by Gasteiger charge is -2.31. The predicted molar refractivity (Wildman–Crippen MR) is 111 cm³/mol. The van der Waals surface area contributed by atoms with Gasteiger partial charge >= 0.3 is 5.97 Å². The molecule has 0 unspecified atom stereocenters. The van der Waals surface area contributed by atoms with Crippen LogP contribution in [-0.2, 0) is 19.6 Å². The number of carbonyl (C=O) groups is 2. The molecule has 1 aliphatic rings. The molecule has 160 valence electrons. The molecule has 0 bridgehead atoms. The molecule has 1 heterocycles. The molecule has 1 saturated heterocycles. The number of amides is 1. The van der Waals surface area contributed by atoms with Crippen molar-refractivity contribution < 1.29 is 27.5 Å². The van der Waals surface area contributed by atoms with E-state index in [4.69, 9.17) is 9.47 Å². The number of ether oxygens (including phenoxy) is 2. The molecule has 8 nitrogen and oxygen atoms in total. The molecule has 0 spiro atoms. The molecule has 1 atom stereocenters. The van der Waals surface area contributed by atoms with E-state index in [0.29, 0.717) is 30.8 Å². The number of hydrogen-bond donors (Lipinski definition) is 1. The van der Waals surface area contributed by atoms with Gasteiger partial charge in [0.25, 0.3) is 0 Å². The first kappa shape index (κ1) is 21.8. The second-order valence-electron chi connectivity index (χ2n) is 6.90. The van der Waals surface area contributed by atoms with Crippen LogP contribution in [0.2, 0.25) is 0 Å². The smallest absolute Gasteiger partial charge is 0.339 e. The highest BCUT2D eigenvalue weighted by molar-refractivity contribution is 7.89. The molecule has 1 fully saturated rings. The summed E-state index contributed by atoms with van der Waals surface area (Å²) >= 11 is 0. The number of methoxy groups -OCH3 is 2. The van der Waals surface area contributed by atoms with E-state index in [9.17, 15) is 18.0 Å². The standard InChI is InChI=1S/C21H24N2O6S/c1-28-16-9-11-17(12-10-16)30(26,27)23-13-5-6-15(14-23)20(24)22-19-8-4-3-7-18(19)21(25)29-2/h3-4,7-12,15H,5-6,13-14H2,1-2H3,(H,22,24)/t15-/m1/s1. The van der Waals surface area contributed by atoms with E-state index in [1.165, 1.54) is 30.7 Å². The maximum absolute atomic E-state index is 13.0. The number of hydrogen-bond acceptors (Lipinski definition) is 6. The second-order valence-corrected chi connectivity index (χ2v) is 8.84. The summed E-state index contributed by atoms with van der Waals surface area (Å²) in [7, 11) is -0.951. The van der Waals surface area contributed by atoms with Crippen LogP contribution in [0.5, 0.6) is 5.75 Å². The number of nitrogens with one attached hydrogen (secondary N) is 1. The second kappa shape index (κ2) is 9.27. The van der Waals surface area contributed by atoms with Crippen molar-refractivity contribution in [3.63, 3.8) is 0 Å². The van der Waals surface area contributed by atoms with Gasteiger partial charge in [-0.1, -0.05) is 12.1 Å². The van der Waals surface area contributed by atoms with Crippen LogP contribution in [-0.4, -0.2) is 51.9 Å². The third-order valence-corrected chi connectivity index (χ3v) is 6.92. The topological polar surface area (TPSA) is 102 Å². The van der Waals surface area contributed by atoms with Gasteiger partial charge in [0.05, 0.1) is 36.3 Å². The molecule has 0 saturated carbocycles. The van der Waals surface area contributed by atoms with Crippen LogP contribution >= 0.6 is 0 Å². The van der Waals surface area contributed by atoms with Gasteiger partial charge in [-0.25, -0.2) is 13.2 Å². The van der Waals surface area contributed by atoms with Crippen LogP contribution in [0, 0.1) is 5.92 Å². The van der Waals surface area contributed by atoms with Crippen LogP contribution in [0.25, 0.3) is 0 Å². The number of sulfonamides is 1. The Hall–Kier alpha value is -2.91. The SMILES string of the molecule is COC(=O)c1ccccc1NC(=O)[C@@H]1CCCN(S(=O)(=O)c2ccc(OC)cc2)C1. The summed E-state index contributed by atoms with van der Waals surface area (Å²) in [6.45, 7) is 0.414. The molecular weight excluding hydrogens is 408 g/mol. The highest BCUT2D eigenvalue weighted by atomic mass is 32.2. The summed E-state index contributed by atoms with van der Waals surface area (Å²) in [6.07, 6.45) is 1.12. The van der Waals surface area contributed by atoms with Crippen molar-refractivity contribution in [1.29, 1.82) is 0 Å². The highest BCUT2D eigenvalue weighted by Crippen LogP contribution is 2.26. The lowest BCUT2D eigenvalue weighted by molar-refractivity contribution is -0.120. The molecular formula is C21H24N2O6S. The van der Waals surface area contributed by atoms with Gasteiger partial charge in [0, 0.05) is 13.1 Å². The third-order valence-electron chi connectivity index (χ3n) is 5.04. The predicted octanol–water partition coefficient (Wildman–Crippen LogP) is 2.52. The third kappa shape index (κ3) is 4.63. The zero-order valence-corrected chi connectivity index (χ0v) is 17.6. The molecule has 9 heteroatoms. The Kier molecular flexibility index (Phi) is 6.73. The first-order valence-corrected chi connectivity index (χ1v) is 10.9. The molecule has 0 radical (unpaired) electrons. The summed E-state index contributed by atoms with van der Waals surface area (Å²) in [4.78, 5) is 24.9. The molecule has 3 rings (SSSR count). The number of benzene rings is 2. The molecule has 2 aromatic carbocycles. The van der Waals surface area contributed by atoms with Crippen LogP contribution in [0.15, 0.2) is 53.4 Å². The quantitative estimate of drug-likeness (QED) is 0.704. The van der Waals surface area contributed by atoms with Crippen molar-refractivity contribution in [3.8, 4) is 5.75 Å². The average Bonchev–Trinajstić information content (AvgIpc) is 2.79. The van der Waals surface area contributed by atoms with E-state index < -0.39 is 21.9 Å². The summed E-state index contributed by atoms with van der Waals surface area (Å²) in [5.74, 6) is -0.856. The number of nitrogens with zero attached hydrogens (tertiary/aromatic N) is 1. The highest BCUT2D eigenvalue weighted by Gasteiger charge is 2.33. The Morgan fingerprint density at radius 3 is 2.43 bits per heavy atom. The average molecular weight is 432 g/mol. The molecule has 1 N–H and O–H groups in total. The Bertz CT molecular complexity index is 1020. The van der Waals surface area contributed by atoms with Gasteiger partial charge in [-0.3, -0.25) is 4.79 Å². The lowest BCUT2D eigenvalue weighted by Crippen LogP contribution is -2.43. The van der Waals surface area contributed by atoms with Crippen molar-refractivity contribution >= 4 is 27.6 Å². The van der Waals surface area contributed by atoms with Gasteiger partial charge in [0.1, 0.15) is 5.75 Å². The minimum Gasteiger partial charge on any atom is -0.497 e. The molecule has 1 aliphatic heterocycles. The van der Waals surface area contributed by atoms with Crippen molar-refractivity contribution in [1.82, 2.24) is 4.31 Å². The molecule has 2 aromatic rings. The maximum Gasteiger partial charge on any atom is 0.339 e. The Morgan fingerprint density at radius 2 is 1.77 bits per heavy atom. The van der Waals surface area contributed by atoms with Crippen molar-refractivity contribution in [2.45, 2.75) is 17.7 Å². The Labute approximate surface area is 175 Å². The minimum atomic E-state index is -3.73. The van der Waals surface area contributed by atoms with Crippen LogP contribution in [0.1, 0.15) is 23.2 Å². The van der Waals surface area contributed by atoms with Gasteiger partial charge in [0.15, 0.2) is 0 Å². The van der Waals surface area contributed by atoms with Gasteiger partial charge in [-0.05, 0) is 49.2 Å². The lowest BCUT2D eigenvalue weighted by atomic mass is 9.98. The number of para-hydroxylation sites is 1. The van der Waals surface area contributed by atoms with Gasteiger partial charge in [0.2, 0.25) is 15.9 Å². The first-order valence-electron chi connectivity index (χ1n) is 9.49. The van der Waals surface area contributed by atoms with Crippen molar-refractivity contribution in [2.75, 3.05) is 32.6 Å². The Morgan fingerprint density at radius 1 is 1.07 bits per heavy atom. The summed E-state index contributed by atoms with van der Waals surface area (Å²) in [6, 6.07) is 12.7. The van der Waals surface area contributed by atoms with E-state index >= 15 is 0 Å². The minimum absolute atomic E-state index is 0.0700. The number of carbonyl (C=O) groups excluding carboxylic acids is 2. The zero-order chi connectivity index (χ0) is 21.7.